The van der Waals surface area contributed by atoms with Gasteiger partial charge in [-0.1, -0.05) is 12.1 Å². The molecule has 1 aromatic rings. The van der Waals surface area contributed by atoms with E-state index in [1.54, 1.807) is 12.1 Å². The minimum atomic E-state index is -1.22. The molecule has 1 aromatic carbocycles. The molecule has 0 radical (unpaired) electrons. The smallest absolute Gasteiger partial charge is 0.243 e. The molecule has 0 heterocycles. The van der Waals surface area contributed by atoms with E-state index >= 15 is 0 Å². The van der Waals surface area contributed by atoms with Crippen molar-refractivity contribution < 1.29 is 48.3 Å². The normalized spacial score (nSPS) is 18.5. The first-order chi connectivity index (χ1) is 43.4. The van der Waals surface area contributed by atoms with Gasteiger partial charge in [0, 0.05) is 50.0 Å². The molecule has 0 aliphatic heterocycles. The summed E-state index contributed by atoms with van der Waals surface area (Å²) in [4.78, 5) is 137. The zero-order valence-corrected chi connectivity index (χ0v) is 52.7. The van der Waals surface area contributed by atoms with Crippen molar-refractivity contribution in [1.29, 1.82) is 0 Å². The molecule has 7 atom stereocenters. The van der Waals surface area contributed by atoms with Gasteiger partial charge < -0.3 is 111 Å². The standard InChI is InChI=1S/C59H106N22O10/c60-28-4-1-10-41(48(64)83)75-51(86)46(15-9-33-73-59(69)70)80-54(89)45(14-8-32-72-58(67)68)77-50(85)37-20-24-39(25-21-37)74-56(91)47(34-35-16-26-40(82)27-17-35)81-55(90)43(12-3-6-30-62)79-52(87)42(11-2-5-29-61)78-53(88)44(13-7-31-71-57(65)66)76-49(84)36-18-22-38(63)23-19-36/h16-17,26-27,36-39,41-47,82H,1-15,18-25,28-34,60-63H2,(H2,64,83)(H,74,91)(H,75,86)(H,76,84)(H,77,85)(H,78,88)(H,79,87)(H,80,89)(H,81,90)(H4,65,66,71)(H4,67,68,72)(H4,69,70,73)/t36?,37?,38?,39?,41-,42-,43-,44-,45-,46-,47-/m0/s1. The monoisotopic (exact) mass is 1280 g/mol. The Morgan fingerprint density at radius 3 is 1.08 bits per heavy atom. The summed E-state index contributed by atoms with van der Waals surface area (Å²) in [7, 11) is 0. The number of nitrogens with one attached hydrogen (secondary N) is 8. The van der Waals surface area contributed by atoms with Crippen LogP contribution in [0.4, 0.5) is 0 Å². The second-order valence-corrected chi connectivity index (χ2v) is 23.6. The minimum absolute atomic E-state index is 0.00949. The second kappa shape index (κ2) is 42.8. The Hall–Kier alpha value is -8.10. The van der Waals surface area contributed by atoms with E-state index in [4.69, 9.17) is 63.1 Å². The third-order valence-electron chi connectivity index (χ3n) is 16.1. The quantitative estimate of drug-likeness (QED) is 0.0167. The number of hydrogen-bond donors (Lipinski definition) is 20. The van der Waals surface area contributed by atoms with Gasteiger partial charge in [-0.2, -0.15) is 0 Å². The lowest BCUT2D eigenvalue weighted by molar-refractivity contribution is -0.135. The van der Waals surface area contributed by atoms with Crippen LogP contribution in [0.2, 0.25) is 0 Å². The number of guanidine groups is 3. The van der Waals surface area contributed by atoms with Crippen LogP contribution in [0.5, 0.6) is 5.75 Å². The predicted octanol–water partition coefficient (Wildman–Crippen LogP) is -4.45. The van der Waals surface area contributed by atoms with Gasteiger partial charge in [0.15, 0.2) is 17.9 Å². The Balaban J connectivity index is 1.83. The molecular weight excluding hydrogens is 1180 g/mol. The largest absolute Gasteiger partial charge is 0.508 e. The highest BCUT2D eigenvalue weighted by molar-refractivity contribution is 5.97. The van der Waals surface area contributed by atoms with Crippen molar-refractivity contribution >= 4 is 71.0 Å². The molecule has 0 bridgehead atoms. The molecule has 32 heteroatoms. The summed E-state index contributed by atoms with van der Waals surface area (Å²) in [6, 6.07) is -2.48. The molecule has 91 heavy (non-hydrogen) atoms. The summed E-state index contributed by atoms with van der Waals surface area (Å²) in [5, 5.41) is 32.7. The fraction of sp³-hybridized carbons (Fsp3) is 0.695. The number of aromatic hydroxyl groups is 1. The first-order valence-corrected chi connectivity index (χ1v) is 32.0. The van der Waals surface area contributed by atoms with Crippen molar-refractivity contribution in [1.82, 2.24) is 42.5 Å². The van der Waals surface area contributed by atoms with Crippen LogP contribution >= 0.6 is 0 Å². The van der Waals surface area contributed by atoms with Crippen LogP contribution in [0.1, 0.15) is 153 Å². The molecule has 0 aromatic heterocycles. The lowest BCUT2D eigenvalue weighted by Crippen LogP contribution is -2.59. The highest BCUT2D eigenvalue weighted by Gasteiger charge is 2.36. The molecule has 2 saturated carbocycles. The van der Waals surface area contributed by atoms with E-state index in [2.05, 4.69) is 57.5 Å². The van der Waals surface area contributed by atoms with Crippen molar-refractivity contribution in [2.24, 2.45) is 89.9 Å². The van der Waals surface area contributed by atoms with Gasteiger partial charge in [-0.05, 0) is 185 Å². The van der Waals surface area contributed by atoms with Gasteiger partial charge in [0.2, 0.25) is 53.2 Å². The second-order valence-electron chi connectivity index (χ2n) is 23.6. The van der Waals surface area contributed by atoms with E-state index < -0.39 is 102 Å². The third kappa shape index (κ3) is 31.0. The van der Waals surface area contributed by atoms with Gasteiger partial charge >= 0.3 is 0 Å². The molecule has 0 spiro atoms. The summed E-state index contributed by atoms with van der Waals surface area (Å²) < 4.78 is 0. The summed E-state index contributed by atoms with van der Waals surface area (Å²) in [5.41, 5.74) is 62.8. The molecule has 3 rings (SSSR count). The Morgan fingerprint density at radius 1 is 0.407 bits per heavy atom. The van der Waals surface area contributed by atoms with Gasteiger partial charge in [-0.25, -0.2) is 0 Å². The van der Waals surface area contributed by atoms with Crippen LogP contribution in [0.3, 0.4) is 0 Å². The van der Waals surface area contributed by atoms with E-state index in [0.717, 1.165) is 0 Å². The highest BCUT2D eigenvalue weighted by Crippen LogP contribution is 2.26. The molecule has 2 aliphatic rings. The molecule has 512 valence electrons. The number of primary amides is 1. The fourth-order valence-corrected chi connectivity index (χ4v) is 10.8. The maximum Gasteiger partial charge on any atom is 0.243 e. The molecule has 0 saturated heterocycles. The molecule has 9 amide bonds. The average Bonchev–Trinajstić information content (AvgIpc) is 3.14. The SMILES string of the molecule is NCCCC[C@H](NC(=O)[C@H](CCCN=C(N)N)NC(=O)[C@H](CCCN=C(N)N)NC(=O)C1CCC(NC(=O)[C@H](Cc2ccc(O)cc2)NC(=O)[C@H](CCCCN)NC(=O)[C@H](CCCCN)NC(=O)[C@H](CCCN=C(N)N)NC(=O)C2CCC(N)CC2)CC1)C(N)=O. The number of phenols is 1. The Labute approximate surface area is 533 Å². The van der Waals surface area contributed by atoms with Crippen LogP contribution in [-0.2, 0) is 49.6 Å². The zero-order valence-electron chi connectivity index (χ0n) is 52.7. The Morgan fingerprint density at radius 2 is 0.725 bits per heavy atom. The summed E-state index contributed by atoms with van der Waals surface area (Å²) in [6.07, 6.45) is 8.05. The molecular formula is C59H106N22O10. The average molecular weight is 1280 g/mol. The van der Waals surface area contributed by atoms with E-state index in [1.807, 2.05) is 0 Å². The number of benzene rings is 1. The van der Waals surface area contributed by atoms with Crippen molar-refractivity contribution in [3.05, 3.63) is 29.8 Å². The van der Waals surface area contributed by atoms with Crippen LogP contribution in [0.25, 0.3) is 0 Å². The molecule has 2 aliphatic carbocycles. The first kappa shape index (κ1) is 77.1. The third-order valence-corrected chi connectivity index (χ3v) is 16.1. The van der Waals surface area contributed by atoms with Gasteiger partial charge in [0.05, 0.1) is 0 Å². The summed E-state index contributed by atoms with van der Waals surface area (Å²) in [5.74, 6) is -6.96. The molecule has 0 unspecified atom stereocenters. The summed E-state index contributed by atoms with van der Waals surface area (Å²) in [6.45, 7) is 1.39. The van der Waals surface area contributed by atoms with Crippen molar-refractivity contribution in [3.63, 3.8) is 0 Å². The van der Waals surface area contributed by atoms with Crippen molar-refractivity contribution in [2.75, 3.05) is 39.3 Å². The lowest BCUT2D eigenvalue weighted by Gasteiger charge is -2.31. The summed E-state index contributed by atoms with van der Waals surface area (Å²) >= 11 is 0. The van der Waals surface area contributed by atoms with E-state index in [9.17, 15) is 48.3 Å². The topological polar surface area (TPSA) is 593 Å². The maximum absolute atomic E-state index is 14.6. The van der Waals surface area contributed by atoms with E-state index in [0.29, 0.717) is 109 Å². The van der Waals surface area contributed by atoms with E-state index in [-0.39, 0.29) is 132 Å². The zero-order chi connectivity index (χ0) is 67.3. The lowest BCUT2D eigenvalue weighted by atomic mass is 9.85. The number of nitrogens with zero attached hydrogens (tertiary/aromatic N) is 3. The molecule has 2 fully saturated rings. The number of unbranched alkanes of at least 4 members (excludes halogenated alkanes) is 3. The number of aliphatic imine (C=N–C) groups is 3. The van der Waals surface area contributed by atoms with Gasteiger partial charge in [-0.15, -0.1) is 0 Å². The number of carbonyl (C=O) groups is 9. The number of phenolic OH excluding ortho intramolecular Hbond substituents is 1. The van der Waals surface area contributed by atoms with Gasteiger partial charge in [-0.3, -0.25) is 58.1 Å². The van der Waals surface area contributed by atoms with Crippen molar-refractivity contribution in [2.45, 2.75) is 208 Å². The Bertz CT molecular complexity index is 2530. The van der Waals surface area contributed by atoms with E-state index in [1.165, 1.54) is 12.1 Å². The van der Waals surface area contributed by atoms with Gasteiger partial charge in [0.1, 0.15) is 48.0 Å². The predicted molar refractivity (Wildman–Crippen MR) is 347 cm³/mol. The first-order valence-electron chi connectivity index (χ1n) is 32.0. The fourth-order valence-electron chi connectivity index (χ4n) is 10.8. The molecule has 32 nitrogen and oxygen atoms in total. The van der Waals surface area contributed by atoms with Gasteiger partial charge in [0.25, 0.3) is 0 Å². The minimum Gasteiger partial charge on any atom is -0.508 e. The Kier molecular flexibility index (Phi) is 36.3. The number of rotatable bonds is 43. The highest BCUT2D eigenvalue weighted by atomic mass is 16.3. The maximum atomic E-state index is 14.6. The van der Waals surface area contributed by atoms with Crippen LogP contribution in [-0.4, -0.2) is 170 Å². The van der Waals surface area contributed by atoms with Crippen LogP contribution in [0, 0.1) is 11.8 Å². The molecule has 31 N–H and O–H groups in total. The number of hydrogen-bond acceptors (Lipinski definition) is 17. The van der Waals surface area contributed by atoms with Crippen LogP contribution < -0.4 is 106 Å². The number of carbonyl (C=O) groups excluding carboxylic acids is 9. The van der Waals surface area contributed by atoms with Crippen LogP contribution in [0.15, 0.2) is 39.2 Å². The van der Waals surface area contributed by atoms with Crippen molar-refractivity contribution in [3.8, 4) is 5.75 Å². The number of amides is 9. The number of nitrogens with two attached hydrogens (primary N) is 11.